The van der Waals surface area contributed by atoms with Gasteiger partial charge in [0, 0.05) is 10.4 Å². The fourth-order valence-electron chi connectivity index (χ4n) is 2.13. The maximum absolute atomic E-state index is 12.1. The molecule has 0 aliphatic heterocycles. The third kappa shape index (κ3) is 3.33. The van der Waals surface area contributed by atoms with Gasteiger partial charge in [0.1, 0.15) is 5.58 Å². The lowest BCUT2D eigenvalue weighted by Gasteiger charge is -1.95. The van der Waals surface area contributed by atoms with Gasteiger partial charge in [-0.3, -0.25) is 4.79 Å². The number of hydrogen-bond acceptors (Lipinski definition) is 3. The van der Waals surface area contributed by atoms with Crippen LogP contribution in [0.4, 0.5) is 0 Å². The molecule has 0 aliphatic carbocycles. The fraction of sp³-hybridized carbons (Fsp3) is 0. The van der Waals surface area contributed by atoms with E-state index in [-0.39, 0.29) is 17.1 Å². The van der Waals surface area contributed by atoms with Crippen LogP contribution in [0.5, 0.6) is 0 Å². The first-order valence-electron chi connectivity index (χ1n) is 6.78. The minimum absolute atomic E-state index is 0.197. The van der Waals surface area contributed by atoms with Crippen molar-refractivity contribution in [2.24, 2.45) is 0 Å². The van der Waals surface area contributed by atoms with Crippen molar-refractivity contribution >= 4 is 40.4 Å². The van der Waals surface area contributed by atoms with E-state index in [4.69, 9.17) is 21.1 Å². The van der Waals surface area contributed by atoms with E-state index >= 15 is 0 Å². The van der Waals surface area contributed by atoms with Gasteiger partial charge in [-0.1, -0.05) is 29.8 Å². The Balaban J connectivity index is 1.80. The number of fused-ring (bicyclic) bond motifs is 1. The molecule has 0 amide bonds. The number of carboxylic acids is 1. The number of allylic oxidation sites excluding steroid dienone is 1. The number of rotatable bonds is 4. The predicted octanol–water partition coefficient (Wildman–Crippen LogP) is 4.68. The molecule has 4 nitrogen and oxygen atoms in total. The van der Waals surface area contributed by atoms with E-state index in [0.717, 1.165) is 10.9 Å². The number of carbonyl (C=O) groups excluding carboxylic acids is 1. The number of aromatic carboxylic acids is 1. The molecule has 1 N–H and O–H groups in total. The van der Waals surface area contributed by atoms with E-state index in [1.54, 1.807) is 42.5 Å². The van der Waals surface area contributed by atoms with Crippen LogP contribution in [0.2, 0.25) is 5.02 Å². The van der Waals surface area contributed by atoms with Crippen molar-refractivity contribution in [1.82, 2.24) is 0 Å². The molecular formula is C18H11ClO4. The van der Waals surface area contributed by atoms with E-state index in [2.05, 4.69) is 0 Å². The Morgan fingerprint density at radius 3 is 2.48 bits per heavy atom. The summed E-state index contributed by atoms with van der Waals surface area (Å²) in [4.78, 5) is 22.9. The molecule has 0 unspecified atom stereocenters. The highest BCUT2D eigenvalue weighted by atomic mass is 35.5. The van der Waals surface area contributed by atoms with Gasteiger partial charge >= 0.3 is 5.97 Å². The average Bonchev–Trinajstić information content (AvgIpc) is 2.96. The summed E-state index contributed by atoms with van der Waals surface area (Å²) in [5.41, 5.74) is 1.52. The van der Waals surface area contributed by atoms with Gasteiger partial charge in [0.15, 0.2) is 5.76 Å². The highest BCUT2D eigenvalue weighted by Gasteiger charge is 2.10. The first kappa shape index (κ1) is 15.1. The monoisotopic (exact) mass is 326 g/mol. The third-order valence-corrected chi connectivity index (χ3v) is 3.54. The highest BCUT2D eigenvalue weighted by molar-refractivity contribution is 6.31. The van der Waals surface area contributed by atoms with Crippen LogP contribution in [-0.4, -0.2) is 16.9 Å². The quantitative estimate of drug-likeness (QED) is 0.558. The lowest BCUT2D eigenvalue weighted by molar-refractivity contribution is 0.0696. The smallest absolute Gasteiger partial charge is 0.335 e. The highest BCUT2D eigenvalue weighted by Crippen LogP contribution is 2.23. The molecule has 3 rings (SSSR count). The van der Waals surface area contributed by atoms with E-state index in [1.807, 2.05) is 0 Å². The molecule has 0 fully saturated rings. The maximum Gasteiger partial charge on any atom is 0.335 e. The zero-order chi connectivity index (χ0) is 16.4. The summed E-state index contributed by atoms with van der Waals surface area (Å²) in [6.45, 7) is 0. The number of halogens is 1. The van der Waals surface area contributed by atoms with Crippen LogP contribution in [0.15, 0.2) is 59.0 Å². The van der Waals surface area contributed by atoms with Gasteiger partial charge in [0.2, 0.25) is 5.78 Å². The molecule has 23 heavy (non-hydrogen) atoms. The lowest BCUT2D eigenvalue weighted by Crippen LogP contribution is -1.95. The van der Waals surface area contributed by atoms with E-state index < -0.39 is 5.97 Å². The van der Waals surface area contributed by atoms with E-state index in [0.29, 0.717) is 10.6 Å². The minimum Gasteiger partial charge on any atom is -0.478 e. The molecule has 1 aromatic heterocycles. The van der Waals surface area contributed by atoms with Gasteiger partial charge < -0.3 is 9.52 Å². The maximum atomic E-state index is 12.1. The molecule has 0 radical (unpaired) electrons. The first-order valence-corrected chi connectivity index (χ1v) is 7.15. The standard InChI is InChI=1S/C18H11ClO4/c19-14-6-8-16-13(9-14)10-17(23-16)15(20)7-3-11-1-4-12(5-2-11)18(21)22/h1-10H,(H,21,22)/b7-3+. The Morgan fingerprint density at radius 2 is 1.78 bits per heavy atom. The second-order valence-electron chi connectivity index (χ2n) is 4.92. The molecule has 2 aromatic carbocycles. The summed E-state index contributed by atoms with van der Waals surface area (Å²) >= 11 is 5.90. The summed E-state index contributed by atoms with van der Waals surface area (Å²) in [5.74, 6) is -1.04. The van der Waals surface area contributed by atoms with Crippen molar-refractivity contribution in [1.29, 1.82) is 0 Å². The first-order chi connectivity index (χ1) is 11.0. The Morgan fingerprint density at radius 1 is 1.04 bits per heavy atom. The second kappa shape index (κ2) is 6.10. The zero-order valence-corrected chi connectivity index (χ0v) is 12.6. The molecular weight excluding hydrogens is 316 g/mol. The normalized spacial score (nSPS) is 11.2. The molecule has 0 atom stereocenters. The molecule has 0 saturated carbocycles. The van der Waals surface area contributed by atoms with Crippen LogP contribution < -0.4 is 0 Å². The zero-order valence-electron chi connectivity index (χ0n) is 11.8. The summed E-state index contributed by atoms with van der Waals surface area (Å²) in [7, 11) is 0. The average molecular weight is 327 g/mol. The van der Waals surface area contributed by atoms with Crippen molar-refractivity contribution in [3.63, 3.8) is 0 Å². The fourth-order valence-corrected chi connectivity index (χ4v) is 2.31. The minimum atomic E-state index is -0.988. The van der Waals surface area contributed by atoms with Crippen LogP contribution >= 0.6 is 11.6 Å². The number of hydrogen-bond donors (Lipinski definition) is 1. The van der Waals surface area contributed by atoms with Gasteiger partial charge in [-0.05, 0) is 48.0 Å². The van der Waals surface area contributed by atoms with Gasteiger partial charge in [-0.25, -0.2) is 4.79 Å². The van der Waals surface area contributed by atoms with Crippen LogP contribution in [0.1, 0.15) is 26.5 Å². The van der Waals surface area contributed by atoms with Crippen LogP contribution in [0.3, 0.4) is 0 Å². The van der Waals surface area contributed by atoms with Crippen molar-refractivity contribution in [2.45, 2.75) is 0 Å². The van der Waals surface area contributed by atoms with Crippen molar-refractivity contribution in [3.05, 3.63) is 76.5 Å². The second-order valence-corrected chi connectivity index (χ2v) is 5.35. The molecule has 0 saturated heterocycles. The molecule has 0 bridgehead atoms. The van der Waals surface area contributed by atoms with Gasteiger partial charge in [-0.15, -0.1) is 0 Å². The van der Waals surface area contributed by atoms with Crippen molar-refractivity contribution < 1.29 is 19.1 Å². The molecule has 0 aliphatic rings. The SMILES string of the molecule is O=C(O)c1ccc(/C=C/C(=O)c2cc3cc(Cl)ccc3o2)cc1. The summed E-state index contributed by atoms with van der Waals surface area (Å²) in [6, 6.07) is 13.0. The Bertz CT molecular complexity index is 920. The number of ketones is 1. The summed E-state index contributed by atoms with van der Waals surface area (Å²) < 4.78 is 5.49. The molecule has 5 heteroatoms. The predicted molar refractivity (Wildman–Crippen MR) is 88.0 cm³/mol. The number of benzene rings is 2. The van der Waals surface area contributed by atoms with Gasteiger partial charge in [0.05, 0.1) is 5.56 Å². The molecule has 1 heterocycles. The van der Waals surface area contributed by atoms with Crippen LogP contribution in [-0.2, 0) is 0 Å². The van der Waals surface area contributed by atoms with Crippen molar-refractivity contribution in [2.75, 3.05) is 0 Å². The lowest BCUT2D eigenvalue weighted by atomic mass is 10.1. The molecule has 3 aromatic rings. The summed E-state index contributed by atoms with van der Waals surface area (Å²) in [5, 5.41) is 10.2. The third-order valence-electron chi connectivity index (χ3n) is 3.31. The molecule has 114 valence electrons. The van der Waals surface area contributed by atoms with Crippen LogP contribution in [0.25, 0.3) is 17.0 Å². The largest absolute Gasteiger partial charge is 0.478 e. The molecule has 0 spiro atoms. The topological polar surface area (TPSA) is 67.5 Å². The van der Waals surface area contributed by atoms with Gasteiger partial charge in [-0.2, -0.15) is 0 Å². The van der Waals surface area contributed by atoms with E-state index in [1.165, 1.54) is 18.2 Å². The Hall–Kier alpha value is -2.85. The summed E-state index contributed by atoms with van der Waals surface area (Å²) in [6.07, 6.45) is 2.99. The Labute approximate surface area is 136 Å². The Kier molecular flexibility index (Phi) is 4.00. The number of carboxylic acid groups (broad SMARTS) is 1. The van der Waals surface area contributed by atoms with E-state index in [9.17, 15) is 9.59 Å². The number of carbonyl (C=O) groups is 2. The van der Waals surface area contributed by atoms with Crippen molar-refractivity contribution in [3.8, 4) is 0 Å². The van der Waals surface area contributed by atoms with Gasteiger partial charge in [0.25, 0.3) is 0 Å². The number of furan rings is 1. The van der Waals surface area contributed by atoms with Crippen LogP contribution in [0, 0.1) is 0 Å².